The molecule has 1 aromatic carbocycles. The molecule has 20 heavy (non-hydrogen) atoms. The highest BCUT2D eigenvalue weighted by molar-refractivity contribution is 5.63. The topological polar surface area (TPSA) is 3.88 Å². The van der Waals surface area contributed by atoms with Crippen LogP contribution in [-0.4, -0.2) is 0 Å². The predicted molar refractivity (Wildman–Crippen MR) is 81.7 cm³/mol. The summed E-state index contributed by atoms with van der Waals surface area (Å²) in [5, 5.41) is 0. The summed E-state index contributed by atoms with van der Waals surface area (Å²) in [4.78, 5) is 0. The van der Waals surface area contributed by atoms with E-state index >= 15 is 0 Å². The van der Waals surface area contributed by atoms with Crippen LogP contribution in [0.5, 0.6) is 0 Å². The molecule has 0 aliphatic heterocycles. The second kappa shape index (κ2) is 4.18. The van der Waals surface area contributed by atoms with Crippen molar-refractivity contribution in [3.63, 3.8) is 0 Å². The molecule has 1 unspecified atom stereocenters. The monoisotopic (exact) mass is 269 g/mol. The number of hydrogen-bond acceptors (Lipinski definition) is 0. The summed E-state index contributed by atoms with van der Waals surface area (Å²) in [6, 6.07) is 7.30. The average molecular weight is 269 g/mol. The molecule has 2 aromatic rings. The first-order valence-corrected chi connectivity index (χ1v) is 7.18. The van der Waals surface area contributed by atoms with Gasteiger partial charge in [-0.25, -0.2) is 4.57 Å². The van der Waals surface area contributed by atoms with Gasteiger partial charge in [0, 0.05) is 24.0 Å². The van der Waals surface area contributed by atoms with E-state index in [-0.39, 0.29) is 6.40 Å². The lowest BCUT2D eigenvalue weighted by molar-refractivity contribution is -0.661. The maximum atomic E-state index is 8.70. The zero-order chi connectivity index (χ0) is 18.1. The second-order valence-electron chi connectivity index (χ2n) is 6.11. The highest BCUT2D eigenvalue weighted by Gasteiger charge is 2.38. The van der Waals surface area contributed by atoms with Gasteiger partial charge in [-0.3, -0.25) is 0 Å². The Balaban J connectivity index is 1.85. The number of hydrogen-bond donors (Lipinski definition) is 0. The molecule has 0 saturated heterocycles. The highest BCUT2D eigenvalue weighted by atomic mass is 14.9. The van der Waals surface area contributed by atoms with E-state index < -0.39 is 12.7 Å². The number of pyridine rings is 1. The number of aryl methyl sites for hydroxylation is 3. The Hall–Kier alpha value is -1.63. The third-order valence-electron chi connectivity index (χ3n) is 4.62. The quantitative estimate of drug-likeness (QED) is 0.692. The molecule has 0 amide bonds. The zero-order valence-corrected chi connectivity index (χ0v) is 11.9. The van der Waals surface area contributed by atoms with Crippen molar-refractivity contribution in [3.8, 4) is 11.3 Å². The van der Waals surface area contributed by atoms with Crippen molar-refractivity contribution in [3.05, 3.63) is 52.7 Å². The van der Waals surface area contributed by atoms with E-state index in [1.807, 2.05) is 30.8 Å². The van der Waals surface area contributed by atoms with Gasteiger partial charge in [0.15, 0.2) is 6.20 Å². The number of aromatic nitrogens is 1. The number of nitrogens with zero attached hydrogens (tertiary/aromatic N) is 1. The molecule has 0 radical (unpaired) electrons. The summed E-state index contributed by atoms with van der Waals surface area (Å²) in [5.41, 5.74) is 5.15. The van der Waals surface area contributed by atoms with Crippen LogP contribution in [0.15, 0.2) is 30.5 Å². The van der Waals surface area contributed by atoms with Crippen LogP contribution in [0.3, 0.4) is 0 Å². The van der Waals surface area contributed by atoms with Crippen LogP contribution in [0.25, 0.3) is 11.3 Å². The Labute approximate surface area is 128 Å². The smallest absolute Gasteiger partial charge is 0.201 e. The molecule has 0 N–H and O–H groups in total. The van der Waals surface area contributed by atoms with Crippen LogP contribution in [0.1, 0.15) is 47.8 Å². The lowest BCUT2D eigenvalue weighted by atomic mass is 9.63. The van der Waals surface area contributed by atoms with Gasteiger partial charge in [0.1, 0.15) is 7.05 Å². The fourth-order valence-corrected chi connectivity index (χ4v) is 3.49. The van der Waals surface area contributed by atoms with Crippen molar-refractivity contribution in [1.82, 2.24) is 0 Å². The summed E-state index contributed by atoms with van der Waals surface area (Å²) < 4.78 is 41.9. The lowest BCUT2D eigenvalue weighted by Gasteiger charge is -2.41. The van der Waals surface area contributed by atoms with E-state index in [2.05, 4.69) is 6.07 Å². The van der Waals surface area contributed by atoms with Crippen molar-refractivity contribution < 1.29 is 11.4 Å². The third-order valence-corrected chi connectivity index (χ3v) is 4.62. The van der Waals surface area contributed by atoms with Gasteiger partial charge >= 0.3 is 0 Å². The lowest BCUT2D eigenvalue weighted by Crippen LogP contribution is -2.37. The fraction of sp³-hybridized carbons (Fsp3) is 0.421. The first-order valence-electron chi connectivity index (χ1n) is 9.76. The number of rotatable bonds is 1. The molecular weight excluding hydrogens is 242 g/mol. The summed E-state index contributed by atoms with van der Waals surface area (Å²) in [6.45, 7) is -0.181. The van der Waals surface area contributed by atoms with E-state index in [9.17, 15) is 0 Å². The van der Waals surface area contributed by atoms with Crippen molar-refractivity contribution in [2.45, 2.75) is 38.9 Å². The van der Waals surface area contributed by atoms with E-state index in [1.165, 1.54) is 0 Å². The van der Waals surface area contributed by atoms with Crippen LogP contribution < -0.4 is 4.57 Å². The Morgan fingerprint density at radius 3 is 2.95 bits per heavy atom. The van der Waals surface area contributed by atoms with Crippen LogP contribution in [0, 0.1) is 19.7 Å². The molecule has 1 aromatic heterocycles. The molecule has 1 heteroatoms. The summed E-state index contributed by atoms with van der Waals surface area (Å²) in [5.74, 6) is -0.233. The molecule has 5 rings (SSSR count). The molecule has 3 aliphatic rings. The SMILES string of the molecule is [2H]C1c2c[n+](C)c(-c3ccc(C([2H])([2H])[2H])cc3C)cc2C2([2H])CC1C2. The predicted octanol–water partition coefficient (Wildman–Crippen LogP) is 3.84. The Bertz CT molecular complexity index is 865. The van der Waals surface area contributed by atoms with Gasteiger partial charge in [0.05, 0.1) is 0 Å². The summed E-state index contributed by atoms with van der Waals surface area (Å²) in [7, 11) is 1.95. The van der Waals surface area contributed by atoms with Gasteiger partial charge in [-0.05, 0) is 62.0 Å². The third kappa shape index (κ3) is 1.72. The molecule has 102 valence electrons. The van der Waals surface area contributed by atoms with Gasteiger partial charge in [0.2, 0.25) is 5.69 Å². The molecule has 1 saturated carbocycles. The molecular formula is C19H22N+. The second-order valence-corrected chi connectivity index (χ2v) is 6.11. The zero-order valence-electron chi connectivity index (χ0n) is 16.9. The van der Waals surface area contributed by atoms with Crippen LogP contribution in [0.2, 0.25) is 0 Å². The van der Waals surface area contributed by atoms with Crippen LogP contribution >= 0.6 is 0 Å². The van der Waals surface area contributed by atoms with E-state index in [4.69, 9.17) is 6.85 Å². The van der Waals surface area contributed by atoms with Gasteiger partial charge < -0.3 is 0 Å². The molecule has 3 aliphatic carbocycles. The van der Waals surface area contributed by atoms with Gasteiger partial charge in [-0.15, -0.1) is 0 Å². The van der Waals surface area contributed by atoms with Crippen molar-refractivity contribution in [2.75, 3.05) is 0 Å². The highest BCUT2D eigenvalue weighted by Crippen LogP contribution is 2.49. The fourth-order valence-electron chi connectivity index (χ4n) is 3.49. The Morgan fingerprint density at radius 2 is 2.20 bits per heavy atom. The van der Waals surface area contributed by atoms with Crippen LogP contribution in [-0.2, 0) is 13.4 Å². The first kappa shape index (κ1) is 7.97. The summed E-state index contributed by atoms with van der Waals surface area (Å²) >= 11 is 0. The molecule has 1 atom stereocenters. The maximum absolute atomic E-state index is 8.70. The van der Waals surface area contributed by atoms with Gasteiger partial charge in [-0.1, -0.05) is 17.7 Å². The molecule has 1 fully saturated rings. The van der Waals surface area contributed by atoms with Gasteiger partial charge in [0.25, 0.3) is 0 Å². The minimum atomic E-state index is -2.11. The van der Waals surface area contributed by atoms with Crippen LogP contribution in [0.4, 0.5) is 0 Å². The standard InChI is InChI=1S/C19H22N/c1-12-4-5-17(13(2)6-12)19-10-18-15-7-14(8-15)9-16(18)11-20(19)3/h4-6,10-11,14-15H,7-9H2,1-3H3/q+1/i1D3,9D,15D. The van der Waals surface area contributed by atoms with E-state index in [0.717, 1.165) is 40.8 Å². The van der Waals surface area contributed by atoms with Gasteiger partial charge in [-0.2, -0.15) is 0 Å². The minimum absolute atomic E-state index is 0.235. The largest absolute Gasteiger partial charge is 0.212 e. The van der Waals surface area contributed by atoms with E-state index in [1.54, 1.807) is 12.1 Å². The summed E-state index contributed by atoms with van der Waals surface area (Å²) in [6.07, 6.45) is 3.31. The number of benzene rings is 1. The first-order chi connectivity index (χ1) is 11.6. The van der Waals surface area contributed by atoms with Crippen molar-refractivity contribution in [2.24, 2.45) is 13.0 Å². The molecule has 1 nitrogen and oxygen atoms in total. The van der Waals surface area contributed by atoms with Crippen molar-refractivity contribution >= 4 is 0 Å². The molecule has 2 bridgehead atoms. The Morgan fingerprint density at radius 1 is 1.35 bits per heavy atom. The van der Waals surface area contributed by atoms with Crippen molar-refractivity contribution in [1.29, 1.82) is 0 Å². The average Bonchev–Trinajstić information content (AvgIpc) is 2.49. The molecule has 1 heterocycles. The Kier molecular flexibility index (Phi) is 1.67. The molecule has 0 spiro atoms. The minimum Gasteiger partial charge on any atom is -0.201 e. The maximum Gasteiger partial charge on any atom is 0.212 e. The normalized spacial score (nSPS) is 34.8. The van der Waals surface area contributed by atoms with E-state index in [0.29, 0.717) is 11.5 Å².